The van der Waals surface area contributed by atoms with Gasteiger partial charge in [0.05, 0.1) is 22.5 Å². The quantitative estimate of drug-likeness (QED) is 0.445. The van der Waals surface area contributed by atoms with E-state index < -0.39 is 46.9 Å². The van der Waals surface area contributed by atoms with E-state index in [-0.39, 0.29) is 15.9 Å². The van der Waals surface area contributed by atoms with Gasteiger partial charge in [-0.3, -0.25) is 14.2 Å². The van der Waals surface area contributed by atoms with Gasteiger partial charge in [0.15, 0.2) is 0 Å². The number of nitrogens with zero attached hydrogens (tertiary/aromatic N) is 2. The minimum atomic E-state index is -4.69. The Labute approximate surface area is 187 Å². The molecular formula is C22H15F4N3O3S. The average Bonchev–Trinajstić information content (AvgIpc) is 3.22. The van der Waals surface area contributed by atoms with Crippen LogP contribution < -0.4 is 16.6 Å². The zero-order valence-corrected chi connectivity index (χ0v) is 17.8. The van der Waals surface area contributed by atoms with Gasteiger partial charge in [-0.2, -0.15) is 13.2 Å². The molecule has 2 aromatic carbocycles. The molecule has 2 aromatic heterocycles. The first kappa shape index (κ1) is 22.5. The van der Waals surface area contributed by atoms with Crippen molar-refractivity contribution in [2.24, 2.45) is 0 Å². The van der Waals surface area contributed by atoms with Crippen molar-refractivity contribution in [3.8, 4) is 5.69 Å². The minimum Gasteiger partial charge on any atom is -0.324 e. The highest BCUT2D eigenvalue weighted by Gasteiger charge is 2.33. The molecule has 4 rings (SSSR count). The van der Waals surface area contributed by atoms with Gasteiger partial charge in [-0.15, -0.1) is 11.3 Å². The monoisotopic (exact) mass is 477 g/mol. The summed E-state index contributed by atoms with van der Waals surface area (Å²) in [5, 5.41) is 3.75. The molecule has 0 aliphatic carbocycles. The Morgan fingerprint density at radius 3 is 2.52 bits per heavy atom. The fourth-order valence-corrected chi connectivity index (χ4v) is 4.32. The Morgan fingerprint density at radius 1 is 1.09 bits per heavy atom. The summed E-state index contributed by atoms with van der Waals surface area (Å²) in [4.78, 5) is 38.9. The third kappa shape index (κ3) is 4.19. The molecule has 0 radical (unpaired) electrons. The lowest BCUT2D eigenvalue weighted by molar-refractivity contribution is -0.137. The van der Waals surface area contributed by atoms with Crippen LogP contribution in [-0.2, 0) is 17.5 Å². The number of alkyl halides is 3. The molecule has 0 spiro atoms. The Balaban J connectivity index is 1.80. The largest absolute Gasteiger partial charge is 0.418 e. The zero-order chi connectivity index (χ0) is 23.9. The van der Waals surface area contributed by atoms with Gasteiger partial charge in [0.1, 0.15) is 17.1 Å². The van der Waals surface area contributed by atoms with E-state index in [9.17, 15) is 31.9 Å². The highest BCUT2D eigenvalue weighted by atomic mass is 32.1. The van der Waals surface area contributed by atoms with E-state index in [0.29, 0.717) is 5.56 Å². The molecule has 0 saturated carbocycles. The Bertz CT molecular complexity index is 1500. The molecule has 2 heterocycles. The number of hydrogen-bond donors (Lipinski definition) is 1. The fraction of sp³-hybridized carbons (Fsp3) is 0.136. The van der Waals surface area contributed by atoms with Gasteiger partial charge in [-0.05, 0) is 54.3 Å². The molecule has 0 atom stereocenters. The van der Waals surface area contributed by atoms with Gasteiger partial charge in [0.2, 0.25) is 5.91 Å². The third-order valence-electron chi connectivity index (χ3n) is 4.96. The number of carbonyl (C=O) groups excluding carboxylic acids is 1. The first-order valence-corrected chi connectivity index (χ1v) is 10.4. The van der Waals surface area contributed by atoms with Crippen molar-refractivity contribution in [1.29, 1.82) is 0 Å². The molecule has 0 saturated heterocycles. The number of rotatable bonds is 4. The molecule has 33 heavy (non-hydrogen) atoms. The van der Waals surface area contributed by atoms with Crippen molar-refractivity contribution in [2.75, 3.05) is 5.32 Å². The number of aryl methyl sites for hydroxylation is 1. The van der Waals surface area contributed by atoms with Crippen LogP contribution in [0.5, 0.6) is 0 Å². The summed E-state index contributed by atoms with van der Waals surface area (Å²) in [7, 11) is 0. The van der Waals surface area contributed by atoms with Crippen LogP contribution in [0.25, 0.3) is 15.9 Å². The molecular weight excluding hydrogens is 462 g/mol. The number of amides is 1. The number of benzene rings is 2. The van der Waals surface area contributed by atoms with Crippen LogP contribution in [0.15, 0.2) is 63.5 Å². The number of nitrogens with one attached hydrogen (secondary N) is 1. The molecule has 0 aliphatic heterocycles. The summed E-state index contributed by atoms with van der Waals surface area (Å²) in [6.45, 7) is 0.882. The van der Waals surface area contributed by atoms with Gasteiger partial charge >= 0.3 is 11.9 Å². The minimum absolute atomic E-state index is 0.137. The summed E-state index contributed by atoms with van der Waals surface area (Å²) in [6.07, 6.45) is -4.69. The Kier molecular flexibility index (Phi) is 5.66. The maximum atomic E-state index is 13.5. The molecule has 0 bridgehead atoms. The number of anilines is 1. The predicted molar refractivity (Wildman–Crippen MR) is 116 cm³/mol. The number of halogens is 4. The van der Waals surface area contributed by atoms with Crippen molar-refractivity contribution in [3.05, 3.63) is 91.7 Å². The lowest BCUT2D eigenvalue weighted by Crippen LogP contribution is -2.40. The number of thiophene rings is 1. The SMILES string of the molecule is Cc1cc(F)ccc1-n1c(=O)c2sccc2n(CC(=O)Nc2ccccc2C(F)(F)F)c1=O. The lowest BCUT2D eigenvalue weighted by Gasteiger charge is -2.16. The van der Waals surface area contributed by atoms with Gasteiger partial charge in [0, 0.05) is 0 Å². The van der Waals surface area contributed by atoms with Crippen LogP contribution in [0.4, 0.5) is 23.2 Å². The van der Waals surface area contributed by atoms with Crippen LogP contribution in [0, 0.1) is 12.7 Å². The maximum absolute atomic E-state index is 13.5. The third-order valence-corrected chi connectivity index (χ3v) is 5.85. The van der Waals surface area contributed by atoms with E-state index in [1.165, 1.54) is 31.2 Å². The maximum Gasteiger partial charge on any atom is 0.418 e. The Morgan fingerprint density at radius 2 is 1.82 bits per heavy atom. The summed E-state index contributed by atoms with van der Waals surface area (Å²) in [6, 6.07) is 9.47. The lowest BCUT2D eigenvalue weighted by atomic mass is 10.1. The number of carbonyl (C=O) groups is 1. The summed E-state index contributed by atoms with van der Waals surface area (Å²) < 4.78 is 55.2. The highest BCUT2D eigenvalue weighted by Crippen LogP contribution is 2.34. The second-order valence-corrected chi connectivity index (χ2v) is 8.08. The van der Waals surface area contributed by atoms with Gasteiger partial charge in [-0.1, -0.05) is 12.1 Å². The van der Waals surface area contributed by atoms with E-state index in [4.69, 9.17) is 0 Å². The second kappa shape index (κ2) is 8.32. The summed E-state index contributed by atoms with van der Waals surface area (Å²) in [5.74, 6) is -1.44. The van der Waals surface area contributed by atoms with Gasteiger partial charge in [-0.25, -0.2) is 13.8 Å². The van der Waals surface area contributed by atoms with Crippen molar-refractivity contribution in [1.82, 2.24) is 9.13 Å². The molecule has 0 fully saturated rings. The second-order valence-electron chi connectivity index (χ2n) is 7.17. The summed E-state index contributed by atoms with van der Waals surface area (Å²) >= 11 is 1.04. The molecule has 4 aromatic rings. The van der Waals surface area contributed by atoms with E-state index in [0.717, 1.165) is 44.7 Å². The number of para-hydroxylation sites is 1. The normalized spacial score (nSPS) is 11.7. The van der Waals surface area contributed by atoms with E-state index in [1.54, 1.807) is 5.38 Å². The van der Waals surface area contributed by atoms with Gasteiger partial charge in [0.25, 0.3) is 5.56 Å². The topological polar surface area (TPSA) is 73.1 Å². The molecule has 1 N–H and O–H groups in total. The first-order chi connectivity index (χ1) is 15.6. The molecule has 6 nitrogen and oxygen atoms in total. The Hall–Kier alpha value is -3.73. The van der Waals surface area contributed by atoms with E-state index >= 15 is 0 Å². The van der Waals surface area contributed by atoms with Gasteiger partial charge < -0.3 is 5.32 Å². The van der Waals surface area contributed by atoms with Crippen molar-refractivity contribution in [3.63, 3.8) is 0 Å². The number of hydrogen-bond acceptors (Lipinski definition) is 4. The molecule has 11 heteroatoms. The van der Waals surface area contributed by atoms with Crippen molar-refractivity contribution < 1.29 is 22.4 Å². The van der Waals surface area contributed by atoms with Crippen molar-refractivity contribution >= 4 is 33.1 Å². The molecule has 0 aliphatic rings. The average molecular weight is 477 g/mol. The predicted octanol–water partition coefficient (Wildman–Crippen LogP) is 4.32. The van der Waals surface area contributed by atoms with E-state index in [1.807, 2.05) is 0 Å². The molecule has 170 valence electrons. The zero-order valence-electron chi connectivity index (χ0n) is 16.9. The van der Waals surface area contributed by atoms with Crippen LogP contribution in [0.1, 0.15) is 11.1 Å². The molecule has 1 amide bonds. The van der Waals surface area contributed by atoms with Crippen molar-refractivity contribution in [2.45, 2.75) is 19.6 Å². The first-order valence-electron chi connectivity index (χ1n) is 9.53. The highest BCUT2D eigenvalue weighted by molar-refractivity contribution is 7.17. The van der Waals surface area contributed by atoms with E-state index in [2.05, 4.69) is 5.32 Å². The van der Waals surface area contributed by atoms with Crippen LogP contribution >= 0.6 is 11.3 Å². The number of aromatic nitrogens is 2. The van der Waals surface area contributed by atoms with Crippen LogP contribution in [0.2, 0.25) is 0 Å². The smallest absolute Gasteiger partial charge is 0.324 e. The van der Waals surface area contributed by atoms with Crippen LogP contribution in [0.3, 0.4) is 0 Å². The fourth-order valence-electron chi connectivity index (χ4n) is 3.49. The number of fused-ring (bicyclic) bond motifs is 1. The van der Waals surface area contributed by atoms with Crippen LogP contribution in [-0.4, -0.2) is 15.0 Å². The molecule has 0 unspecified atom stereocenters. The standard InChI is InChI=1S/C22H15F4N3O3S/c1-12-10-13(23)6-7-16(12)29-20(31)19-17(8-9-33-19)28(21(29)32)11-18(30)27-15-5-3-2-4-14(15)22(24,25)26/h2-10H,11H2,1H3,(H,27,30). The summed E-state index contributed by atoms with van der Waals surface area (Å²) in [5.41, 5.74) is -2.37.